The summed E-state index contributed by atoms with van der Waals surface area (Å²) in [4.78, 5) is 15.8. The predicted molar refractivity (Wildman–Crippen MR) is 92.8 cm³/mol. The highest BCUT2D eigenvalue weighted by Gasteiger charge is 2.24. The van der Waals surface area contributed by atoms with Crippen molar-refractivity contribution >= 4 is 11.6 Å². The van der Waals surface area contributed by atoms with Crippen molar-refractivity contribution in [2.24, 2.45) is 0 Å². The average molecular weight is 334 g/mol. The van der Waals surface area contributed by atoms with E-state index in [0.29, 0.717) is 13.1 Å². The van der Waals surface area contributed by atoms with E-state index < -0.39 is 0 Å². The average Bonchev–Trinajstić information content (AvgIpc) is 3.14. The molecule has 2 fully saturated rings. The quantitative estimate of drug-likeness (QED) is 0.750. The number of benzene rings is 1. The van der Waals surface area contributed by atoms with Crippen molar-refractivity contribution in [1.29, 1.82) is 0 Å². The van der Waals surface area contributed by atoms with Crippen molar-refractivity contribution in [3.8, 4) is 5.75 Å². The highest BCUT2D eigenvalue weighted by atomic mass is 16.5. The number of para-hydroxylation sites is 2. The monoisotopic (exact) mass is 334 g/mol. The summed E-state index contributed by atoms with van der Waals surface area (Å²) < 4.78 is 11.0. The summed E-state index contributed by atoms with van der Waals surface area (Å²) in [6, 6.07) is 8.11. The van der Waals surface area contributed by atoms with Gasteiger partial charge in [-0.3, -0.25) is 4.79 Å². The molecule has 2 saturated heterocycles. The molecule has 1 aromatic carbocycles. The topological polar surface area (TPSA) is 55.2 Å². The number of carbonyl (C=O) groups is 1. The van der Waals surface area contributed by atoms with Crippen LogP contribution < -0.4 is 19.9 Å². The minimum absolute atomic E-state index is 0.131. The molecule has 0 bridgehead atoms. The summed E-state index contributed by atoms with van der Waals surface area (Å²) in [6.07, 6.45) is 2.38. The number of amides is 1. The van der Waals surface area contributed by atoms with Gasteiger partial charge in [-0.15, -0.1) is 0 Å². The second-order valence-electron chi connectivity index (χ2n) is 6.52. The van der Waals surface area contributed by atoms with E-state index in [1.807, 2.05) is 18.2 Å². The lowest BCUT2D eigenvalue weighted by Gasteiger charge is -2.34. The predicted octanol–water partition coefficient (Wildman–Crippen LogP) is -0.305. The van der Waals surface area contributed by atoms with Gasteiger partial charge in [0.2, 0.25) is 0 Å². The van der Waals surface area contributed by atoms with E-state index in [4.69, 9.17) is 9.47 Å². The number of hydrogen-bond acceptors (Lipinski definition) is 4. The Labute approximate surface area is 143 Å². The number of hydrogen-bond donors (Lipinski definition) is 2. The van der Waals surface area contributed by atoms with Crippen LogP contribution in [0.4, 0.5) is 5.69 Å². The van der Waals surface area contributed by atoms with E-state index in [2.05, 4.69) is 16.3 Å². The van der Waals surface area contributed by atoms with Crippen molar-refractivity contribution < 1.29 is 19.2 Å². The van der Waals surface area contributed by atoms with Crippen molar-refractivity contribution in [1.82, 2.24) is 5.32 Å². The number of piperazine rings is 1. The first kappa shape index (κ1) is 17.0. The number of quaternary nitrogens is 1. The molecule has 0 aliphatic carbocycles. The molecular formula is C18H28N3O3+. The number of nitrogens with one attached hydrogen (secondary N) is 2. The minimum Gasteiger partial charge on any atom is -0.495 e. The van der Waals surface area contributed by atoms with Gasteiger partial charge in [0.25, 0.3) is 5.91 Å². The zero-order valence-corrected chi connectivity index (χ0v) is 14.4. The molecule has 1 atom stereocenters. The molecule has 0 radical (unpaired) electrons. The molecular weight excluding hydrogens is 306 g/mol. The van der Waals surface area contributed by atoms with Crippen molar-refractivity contribution in [3.05, 3.63) is 24.3 Å². The Hall–Kier alpha value is -1.79. The van der Waals surface area contributed by atoms with Gasteiger partial charge in [-0.05, 0) is 25.0 Å². The molecule has 0 unspecified atom stereocenters. The molecule has 0 aromatic heterocycles. The van der Waals surface area contributed by atoms with E-state index in [9.17, 15) is 4.79 Å². The molecule has 0 saturated carbocycles. The number of rotatable bonds is 6. The maximum atomic E-state index is 12.1. The van der Waals surface area contributed by atoms with Crippen LogP contribution in [0.3, 0.4) is 0 Å². The van der Waals surface area contributed by atoms with Gasteiger partial charge in [-0.1, -0.05) is 12.1 Å². The van der Waals surface area contributed by atoms with E-state index in [0.717, 1.165) is 57.1 Å². The second kappa shape index (κ2) is 8.35. The maximum absolute atomic E-state index is 12.1. The summed E-state index contributed by atoms with van der Waals surface area (Å²) in [5.41, 5.74) is 1.14. The molecule has 2 aliphatic rings. The van der Waals surface area contributed by atoms with Gasteiger partial charge in [0, 0.05) is 13.2 Å². The fourth-order valence-corrected chi connectivity index (χ4v) is 3.45. The molecule has 2 heterocycles. The van der Waals surface area contributed by atoms with Gasteiger partial charge in [0.1, 0.15) is 5.75 Å². The molecule has 24 heavy (non-hydrogen) atoms. The first-order valence-corrected chi connectivity index (χ1v) is 8.86. The molecule has 6 nitrogen and oxygen atoms in total. The van der Waals surface area contributed by atoms with Gasteiger partial charge in [0.05, 0.1) is 45.1 Å². The Morgan fingerprint density at radius 2 is 2.17 bits per heavy atom. The minimum atomic E-state index is 0.131. The van der Waals surface area contributed by atoms with Crippen molar-refractivity contribution in [2.75, 3.05) is 57.9 Å². The number of carbonyl (C=O) groups excluding carboxylic acids is 1. The summed E-state index contributed by atoms with van der Waals surface area (Å²) in [5.74, 6) is 1.04. The van der Waals surface area contributed by atoms with Crippen LogP contribution in [0, 0.1) is 0 Å². The molecule has 0 spiro atoms. The van der Waals surface area contributed by atoms with Crippen molar-refractivity contribution in [3.63, 3.8) is 0 Å². The zero-order valence-electron chi connectivity index (χ0n) is 14.4. The Bertz CT molecular complexity index is 538. The third-order valence-electron chi connectivity index (χ3n) is 4.86. The normalized spacial score (nSPS) is 21.7. The lowest BCUT2D eigenvalue weighted by Crippen LogP contribution is -3.16. The van der Waals surface area contributed by atoms with Crippen molar-refractivity contribution in [2.45, 2.75) is 18.9 Å². The van der Waals surface area contributed by atoms with E-state index in [-0.39, 0.29) is 12.0 Å². The van der Waals surface area contributed by atoms with E-state index in [1.165, 1.54) is 4.90 Å². The van der Waals surface area contributed by atoms with Crippen LogP contribution in [0.25, 0.3) is 0 Å². The van der Waals surface area contributed by atoms with Crippen LogP contribution in [0.1, 0.15) is 12.8 Å². The lowest BCUT2D eigenvalue weighted by atomic mass is 10.2. The number of ether oxygens (including phenoxy) is 2. The summed E-state index contributed by atoms with van der Waals surface area (Å²) in [5, 5.41) is 3.01. The summed E-state index contributed by atoms with van der Waals surface area (Å²) in [6.45, 7) is 5.84. The highest BCUT2D eigenvalue weighted by molar-refractivity contribution is 5.76. The Morgan fingerprint density at radius 3 is 2.88 bits per heavy atom. The molecule has 6 heteroatoms. The fourth-order valence-electron chi connectivity index (χ4n) is 3.45. The Kier molecular flexibility index (Phi) is 5.93. The third-order valence-corrected chi connectivity index (χ3v) is 4.86. The Morgan fingerprint density at radius 1 is 1.38 bits per heavy atom. The maximum Gasteiger partial charge on any atom is 0.275 e. The number of methoxy groups -OCH3 is 1. The standard InChI is InChI=1S/C18H27N3O3/c1-23-17-7-3-2-6-16(17)21-10-8-20(9-11-21)14-18(22)19-13-15-5-4-12-24-15/h2-3,6-7,15H,4-5,8-14H2,1H3,(H,19,22)/p+1/t15-/m0/s1. The molecule has 1 amide bonds. The SMILES string of the molecule is COc1ccccc1N1CC[NH+](CC(=O)NC[C@@H]2CCCO2)CC1. The van der Waals surface area contributed by atoms with Gasteiger partial charge < -0.3 is 24.6 Å². The van der Waals surface area contributed by atoms with Crippen LogP contribution >= 0.6 is 0 Å². The van der Waals surface area contributed by atoms with Crippen LogP contribution in [0.15, 0.2) is 24.3 Å². The summed E-state index contributed by atoms with van der Waals surface area (Å²) in [7, 11) is 1.71. The molecule has 2 aliphatic heterocycles. The van der Waals surface area contributed by atoms with Crippen LogP contribution in [0.5, 0.6) is 5.75 Å². The van der Waals surface area contributed by atoms with Crippen LogP contribution in [-0.4, -0.2) is 65.0 Å². The largest absolute Gasteiger partial charge is 0.495 e. The van der Waals surface area contributed by atoms with Crippen LogP contribution in [-0.2, 0) is 9.53 Å². The molecule has 2 N–H and O–H groups in total. The van der Waals surface area contributed by atoms with Gasteiger partial charge >= 0.3 is 0 Å². The van der Waals surface area contributed by atoms with E-state index in [1.54, 1.807) is 7.11 Å². The number of anilines is 1. The zero-order chi connectivity index (χ0) is 16.8. The van der Waals surface area contributed by atoms with Gasteiger partial charge in [-0.2, -0.15) is 0 Å². The highest BCUT2D eigenvalue weighted by Crippen LogP contribution is 2.27. The third kappa shape index (κ3) is 4.39. The van der Waals surface area contributed by atoms with Crippen LogP contribution in [0.2, 0.25) is 0 Å². The second-order valence-corrected chi connectivity index (χ2v) is 6.52. The van der Waals surface area contributed by atoms with Gasteiger partial charge in [-0.25, -0.2) is 0 Å². The molecule has 3 rings (SSSR count). The number of nitrogens with zero attached hydrogens (tertiary/aromatic N) is 1. The molecule has 132 valence electrons. The first-order chi connectivity index (χ1) is 11.8. The van der Waals surface area contributed by atoms with Gasteiger partial charge in [0.15, 0.2) is 6.54 Å². The van der Waals surface area contributed by atoms with E-state index >= 15 is 0 Å². The first-order valence-electron chi connectivity index (χ1n) is 8.86. The smallest absolute Gasteiger partial charge is 0.275 e. The summed E-state index contributed by atoms with van der Waals surface area (Å²) >= 11 is 0. The lowest BCUT2D eigenvalue weighted by molar-refractivity contribution is -0.892. The fraction of sp³-hybridized carbons (Fsp3) is 0.611. The molecule has 1 aromatic rings. The Balaban J connectivity index is 1.42.